The summed E-state index contributed by atoms with van der Waals surface area (Å²) >= 11 is 5.75. The molecule has 1 aromatic heterocycles. The molecule has 1 N–H and O–H groups in total. The third-order valence-corrected chi connectivity index (χ3v) is 6.21. The van der Waals surface area contributed by atoms with Crippen molar-refractivity contribution in [3.05, 3.63) is 101 Å². The number of aryl methyl sites for hydroxylation is 1. The maximum Gasteiger partial charge on any atom is 0.258 e. The van der Waals surface area contributed by atoms with Crippen LogP contribution in [0.5, 0.6) is 5.75 Å². The molecule has 0 saturated carbocycles. The molecule has 1 unspecified atom stereocenters. The van der Waals surface area contributed by atoms with Gasteiger partial charge in [-0.1, -0.05) is 47.1 Å². The van der Waals surface area contributed by atoms with Crippen LogP contribution in [0.1, 0.15) is 30.0 Å². The van der Waals surface area contributed by atoms with Crippen LogP contribution in [0.25, 0.3) is 17.0 Å². The van der Waals surface area contributed by atoms with Gasteiger partial charge in [-0.3, -0.25) is 4.90 Å². The maximum absolute atomic E-state index is 14.2. The first-order valence-electron chi connectivity index (χ1n) is 11.1. The van der Waals surface area contributed by atoms with E-state index in [4.69, 9.17) is 26.5 Å². The minimum absolute atomic E-state index is 0.330. The number of anilines is 1. The Balaban J connectivity index is 1.67. The van der Waals surface area contributed by atoms with Gasteiger partial charge in [0.1, 0.15) is 11.6 Å². The summed E-state index contributed by atoms with van der Waals surface area (Å²) < 4.78 is 25.4. The lowest BCUT2D eigenvalue weighted by Gasteiger charge is -2.37. The Morgan fingerprint density at radius 3 is 2.60 bits per heavy atom. The average Bonchev–Trinajstić information content (AvgIpc) is 3.34. The largest absolute Gasteiger partial charge is 0.497 e. The van der Waals surface area contributed by atoms with Gasteiger partial charge in [-0.15, -0.1) is 0 Å². The third kappa shape index (κ3) is 4.40. The lowest BCUT2D eigenvalue weighted by atomic mass is 9.94. The van der Waals surface area contributed by atoms with Crippen LogP contribution < -0.4 is 15.0 Å². The van der Waals surface area contributed by atoms with E-state index in [9.17, 15) is 4.39 Å². The van der Waals surface area contributed by atoms with E-state index >= 15 is 0 Å². The summed E-state index contributed by atoms with van der Waals surface area (Å²) in [6.07, 6.45) is 0. The predicted octanol–water partition coefficient (Wildman–Crippen LogP) is 6.06. The molecule has 0 amide bonds. The molecular formula is C27H23FN4O2S. The SMILES string of the molecule is COc1cccc(N2C(=S)NC(c3cccc(F)c3)C(c3nc(-c4cccc(C)c4)no3)=C2C)c1. The molecule has 35 heavy (non-hydrogen) atoms. The van der Waals surface area contributed by atoms with Crippen LogP contribution in [0.3, 0.4) is 0 Å². The van der Waals surface area contributed by atoms with Gasteiger partial charge >= 0.3 is 0 Å². The van der Waals surface area contributed by atoms with Crippen LogP contribution in [0, 0.1) is 12.7 Å². The summed E-state index contributed by atoms with van der Waals surface area (Å²) in [5.74, 6) is 1.17. The normalized spacial score (nSPS) is 15.8. The molecule has 6 nitrogen and oxygen atoms in total. The summed E-state index contributed by atoms with van der Waals surface area (Å²) in [6, 6.07) is 21.4. The quantitative estimate of drug-likeness (QED) is 0.344. The molecule has 5 rings (SSSR count). The molecule has 0 radical (unpaired) electrons. The van der Waals surface area contributed by atoms with Gasteiger partial charge in [0, 0.05) is 17.3 Å². The van der Waals surface area contributed by atoms with Crippen molar-refractivity contribution < 1.29 is 13.7 Å². The molecule has 0 aliphatic carbocycles. The van der Waals surface area contributed by atoms with Crippen molar-refractivity contribution in [3.63, 3.8) is 0 Å². The lowest BCUT2D eigenvalue weighted by molar-refractivity contribution is 0.404. The number of aromatic nitrogens is 2. The van der Waals surface area contributed by atoms with E-state index in [1.807, 2.05) is 73.3 Å². The summed E-state index contributed by atoms with van der Waals surface area (Å²) in [5.41, 5.74) is 4.95. The van der Waals surface area contributed by atoms with Gasteiger partial charge in [0.2, 0.25) is 5.82 Å². The first-order valence-corrected chi connectivity index (χ1v) is 11.5. The molecule has 4 aromatic rings. The maximum atomic E-state index is 14.2. The first-order chi connectivity index (χ1) is 16.9. The molecule has 0 fully saturated rings. The zero-order valence-corrected chi connectivity index (χ0v) is 20.3. The molecule has 3 aromatic carbocycles. The number of halogens is 1. The number of allylic oxidation sites excluding steroid dienone is 1. The van der Waals surface area contributed by atoms with Crippen LogP contribution in [-0.4, -0.2) is 22.4 Å². The Bertz CT molecular complexity index is 1450. The standard InChI is InChI=1S/C27H23FN4O2S/c1-16-7-4-9-19(13-16)25-30-26(34-31-25)23-17(2)32(21-11-6-12-22(15-21)33-3)27(35)29-24(23)18-8-5-10-20(28)14-18/h4-15,24H,1-3H3,(H,29,35). The van der Waals surface area contributed by atoms with E-state index < -0.39 is 6.04 Å². The molecule has 0 bridgehead atoms. The molecule has 0 spiro atoms. The highest BCUT2D eigenvalue weighted by atomic mass is 32.1. The van der Waals surface area contributed by atoms with Gasteiger partial charge in [0.05, 0.1) is 24.4 Å². The molecule has 1 aliphatic rings. The molecule has 8 heteroatoms. The third-order valence-electron chi connectivity index (χ3n) is 5.91. The van der Waals surface area contributed by atoms with E-state index in [-0.39, 0.29) is 5.82 Å². The zero-order chi connectivity index (χ0) is 24.5. The first kappa shape index (κ1) is 22.7. The fourth-order valence-corrected chi connectivity index (χ4v) is 4.61. The zero-order valence-electron chi connectivity index (χ0n) is 19.4. The Morgan fingerprint density at radius 2 is 1.83 bits per heavy atom. The van der Waals surface area contributed by atoms with Crippen molar-refractivity contribution in [1.82, 2.24) is 15.5 Å². The lowest BCUT2D eigenvalue weighted by Crippen LogP contribution is -2.46. The number of hydrogen-bond acceptors (Lipinski definition) is 5. The summed E-state index contributed by atoms with van der Waals surface area (Å²) in [4.78, 5) is 6.61. The Labute approximate surface area is 208 Å². The number of hydrogen-bond donors (Lipinski definition) is 1. The Kier molecular flexibility index (Phi) is 6.05. The number of thiocarbonyl (C=S) groups is 1. The van der Waals surface area contributed by atoms with Crippen LogP contribution in [0.2, 0.25) is 0 Å². The smallest absolute Gasteiger partial charge is 0.258 e. The second-order valence-electron chi connectivity index (χ2n) is 8.27. The second kappa shape index (κ2) is 9.31. The van der Waals surface area contributed by atoms with Crippen LogP contribution >= 0.6 is 12.2 Å². The van der Waals surface area contributed by atoms with Crippen molar-refractivity contribution in [3.8, 4) is 17.1 Å². The van der Waals surface area contributed by atoms with Crippen LogP contribution in [0.15, 0.2) is 83.0 Å². The molecule has 1 aliphatic heterocycles. The minimum atomic E-state index is -0.481. The number of benzene rings is 3. The number of nitrogens with one attached hydrogen (secondary N) is 1. The number of ether oxygens (including phenoxy) is 1. The van der Waals surface area contributed by atoms with Gasteiger partial charge in [-0.05, 0) is 62.0 Å². The van der Waals surface area contributed by atoms with Crippen molar-refractivity contribution in [2.24, 2.45) is 0 Å². The monoisotopic (exact) mass is 486 g/mol. The van der Waals surface area contributed by atoms with E-state index in [1.54, 1.807) is 13.2 Å². The average molecular weight is 487 g/mol. The highest BCUT2D eigenvalue weighted by Gasteiger charge is 2.35. The predicted molar refractivity (Wildman–Crippen MR) is 137 cm³/mol. The molecule has 1 atom stereocenters. The van der Waals surface area contributed by atoms with Gasteiger partial charge in [-0.2, -0.15) is 4.98 Å². The van der Waals surface area contributed by atoms with E-state index in [0.717, 1.165) is 22.5 Å². The van der Waals surface area contributed by atoms with Crippen molar-refractivity contribution in [1.29, 1.82) is 0 Å². The number of nitrogens with zero attached hydrogens (tertiary/aromatic N) is 3. The van der Waals surface area contributed by atoms with Gasteiger partial charge < -0.3 is 14.6 Å². The highest BCUT2D eigenvalue weighted by molar-refractivity contribution is 7.80. The Morgan fingerprint density at radius 1 is 1.03 bits per heavy atom. The number of rotatable bonds is 5. The summed E-state index contributed by atoms with van der Waals surface area (Å²) in [6.45, 7) is 3.94. The molecule has 2 heterocycles. The van der Waals surface area contributed by atoms with Crippen molar-refractivity contribution >= 4 is 28.6 Å². The van der Waals surface area contributed by atoms with Gasteiger partial charge in [0.25, 0.3) is 5.89 Å². The Hall–Kier alpha value is -4.04. The van der Waals surface area contributed by atoms with Crippen molar-refractivity contribution in [2.45, 2.75) is 19.9 Å². The fourth-order valence-electron chi connectivity index (χ4n) is 4.25. The van der Waals surface area contributed by atoms with E-state index in [1.165, 1.54) is 12.1 Å². The fraction of sp³-hybridized carbons (Fsp3) is 0.148. The van der Waals surface area contributed by atoms with Crippen molar-refractivity contribution in [2.75, 3.05) is 12.0 Å². The van der Waals surface area contributed by atoms with Gasteiger partial charge in [-0.25, -0.2) is 4.39 Å². The van der Waals surface area contributed by atoms with Crippen LogP contribution in [-0.2, 0) is 0 Å². The minimum Gasteiger partial charge on any atom is -0.497 e. The van der Waals surface area contributed by atoms with E-state index in [2.05, 4.69) is 10.5 Å². The molecule has 0 saturated heterocycles. The van der Waals surface area contributed by atoms with Crippen LogP contribution in [0.4, 0.5) is 10.1 Å². The topological polar surface area (TPSA) is 63.4 Å². The van der Waals surface area contributed by atoms with E-state index in [0.29, 0.717) is 33.7 Å². The summed E-state index contributed by atoms with van der Waals surface area (Å²) in [7, 11) is 1.62. The molecular weight excluding hydrogens is 463 g/mol. The summed E-state index contributed by atoms with van der Waals surface area (Å²) in [5, 5.41) is 8.05. The van der Waals surface area contributed by atoms with Gasteiger partial charge in [0.15, 0.2) is 5.11 Å². The highest BCUT2D eigenvalue weighted by Crippen LogP contribution is 2.39. The molecule has 176 valence electrons. The number of methoxy groups -OCH3 is 1. The second-order valence-corrected chi connectivity index (χ2v) is 8.65.